The summed E-state index contributed by atoms with van der Waals surface area (Å²) in [4.78, 5) is 0.0403. The fraction of sp³-hybridized carbons (Fsp3) is 0.250. The molecular formula is C16H16FNO4S. The van der Waals surface area contributed by atoms with E-state index in [-0.39, 0.29) is 18.0 Å². The number of nitrogens with zero attached hydrogens (tertiary/aromatic N) is 1. The minimum atomic E-state index is -3.70. The van der Waals surface area contributed by atoms with Gasteiger partial charge in [-0.05, 0) is 36.4 Å². The zero-order chi connectivity index (χ0) is 16.4. The van der Waals surface area contributed by atoms with Crippen LogP contribution in [-0.2, 0) is 10.0 Å². The zero-order valence-corrected chi connectivity index (χ0v) is 13.3. The Labute approximate surface area is 134 Å². The predicted molar refractivity (Wildman–Crippen MR) is 82.6 cm³/mol. The summed E-state index contributed by atoms with van der Waals surface area (Å²) in [6.45, 7) is 0.397. The normalized spacial score (nSPS) is 17.3. The molecule has 0 aliphatic carbocycles. The molecule has 5 nitrogen and oxygen atoms in total. The lowest BCUT2D eigenvalue weighted by Crippen LogP contribution is -2.41. The largest absolute Gasteiger partial charge is 0.486 e. The second kappa shape index (κ2) is 6.17. The Hall–Kier alpha value is -2.12. The van der Waals surface area contributed by atoms with Crippen molar-refractivity contribution < 1.29 is 22.3 Å². The first kappa shape index (κ1) is 15.8. The number of likely N-dealkylation sites (N-methyl/N-ethyl adjacent to an activating group) is 1. The van der Waals surface area contributed by atoms with Crippen LogP contribution in [0.3, 0.4) is 0 Å². The standard InChI is InChI=1S/C16H16FNO4S/c1-18(23(19,20)14-8-6-12(17)7-9-14)10-13-11-21-15-4-2-3-5-16(15)22-13/h2-9,13H,10-11H2,1H3/t13-/m1/s1. The maximum absolute atomic E-state index is 12.9. The van der Waals surface area contributed by atoms with Crippen molar-refractivity contribution in [1.82, 2.24) is 4.31 Å². The highest BCUT2D eigenvalue weighted by Gasteiger charge is 2.27. The summed E-state index contributed by atoms with van der Waals surface area (Å²) in [5, 5.41) is 0. The smallest absolute Gasteiger partial charge is 0.242 e. The number of sulfonamides is 1. The number of rotatable bonds is 4. The van der Waals surface area contributed by atoms with E-state index in [0.717, 1.165) is 12.1 Å². The lowest BCUT2D eigenvalue weighted by atomic mass is 10.2. The average Bonchev–Trinajstić information content (AvgIpc) is 2.55. The highest BCUT2D eigenvalue weighted by molar-refractivity contribution is 7.89. The van der Waals surface area contributed by atoms with E-state index in [2.05, 4.69) is 0 Å². The molecule has 0 fully saturated rings. The van der Waals surface area contributed by atoms with Gasteiger partial charge >= 0.3 is 0 Å². The summed E-state index contributed by atoms with van der Waals surface area (Å²) in [5.74, 6) is 0.761. The SMILES string of the molecule is CN(C[C@@H]1COc2ccccc2O1)S(=O)(=O)c1ccc(F)cc1. The van der Waals surface area contributed by atoms with Crippen molar-refractivity contribution in [2.75, 3.05) is 20.2 Å². The number of hydrogen-bond donors (Lipinski definition) is 0. The van der Waals surface area contributed by atoms with Gasteiger partial charge in [-0.3, -0.25) is 0 Å². The lowest BCUT2D eigenvalue weighted by molar-refractivity contribution is 0.0798. The van der Waals surface area contributed by atoms with Gasteiger partial charge < -0.3 is 9.47 Å². The van der Waals surface area contributed by atoms with E-state index in [1.54, 1.807) is 12.1 Å². The van der Waals surface area contributed by atoms with E-state index < -0.39 is 21.9 Å². The molecule has 7 heteroatoms. The number of fused-ring (bicyclic) bond motifs is 1. The Bertz CT molecular complexity index is 792. The van der Waals surface area contributed by atoms with E-state index in [0.29, 0.717) is 11.5 Å². The van der Waals surface area contributed by atoms with Gasteiger partial charge in [0.05, 0.1) is 11.4 Å². The molecule has 3 rings (SSSR count). The van der Waals surface area contributed by atoms with Gasteiger partial charge in [0.25, 0.3) is 0 Å². The van der Waals surface area contributed by atoms with Crippen molar-refractivity contribution in [1.29, 1.82) is 0 Å². The van der Waals surface area contributed by atoms with Crippen molar-refractivity contribution in [2.24, 2.45) is 0 Å². The molecule has 2 aromatic carbocycles. The monoisotopic (exact) mass is 337 g/mol. The second-order valence-corrected chi connectivity index (χ2v) is 7.28. The average molecular weight is 337 g/mol. The molecule has 0 unspecified atom stereocenters. The van der Waals surface area contributed by atoms with E-state index in [1.807, 2.05) is 12.1 Å². The highest BCUT2D eigenvalue weighted by atomic mass is 32.2. The third-order valence-electron chi connectivity index (χ3n) is 3.55. The van der Waals surface area contributed by atoms with E-state index in [4.69, 9.17) is 9.47 Å². The topological polar surface area (TPSA) is 55.8 Å². The van der Waals surface area contributed by atoms with Crippen LogP contribution >= 0.6 is 0 Å². The second-order valence-electron chi connectivity index (χ2n) is 5.24. The van der Waals surface area contributed by atoms with Gasteiger partial charge in [-0.15, -0.1) is 0 Å². The molecule has 0 bridgehead atoms. The molecule has 1 heterocycles. The van der Waals surface area contributed by atoms with Gasteiger partial charge in [0.15, 0.2) is 11.5 Å². The van der Waals surface area contributed by atoms with Crippen LogP contribution < -0.4 is 9.47 Å². The Morgan fingerprint density at radius 1 is 1.13 bits per heavy atom. The van der Waals surface area contributed by atoms with Crippen molar-refractivity contribution in [3.05, 3.63) is 54.3 Å². The van der Waals surface area contributed by atoms with Crippen LogP contribution in [0.4, 0.5) is 4.39 Å². The number of halogens is 1. The molecule has 0 saturated heterocycles. The van der Waals surface area contributed by atoms with Gasteiger partial charge in [0, 0.05) is 7.05 Å². The van der Waals surface area contributed by atoms with Crippen molar-refractivity contribution >= 4 is 10.0 Å². The predicted octanol–water partition coefficient (Wildman–Crippen LogP) is 2.29. The summed E-state index contributed by atoms with van der Waals surface area (Å²) >= 11 is 0. The molecule has 122 valence electrons. The molecule has 23 heavy (non-hydrogen) atoms. The molecule has 0 aromatic heterocycles. The summed E-state index contributed by atoms with van der Waals surface area (Å²) in [6, 6.07) is 12.0. The van der Waals surface area contributed by atoms with Crippen molar-refractivity contribution in [3.63, 3.8) is 0 Å². The quantitative estimate of drug-likeness (QED) is 0.859. The number of para-hydroxylation sites is 2. The third-order valence-corrected chi connectivity index (χ3v) is 5.39. The number of hydrogen-bond acceptors (Lipinski definition) is 4. The van der Waals surface area contributed by atoms with Crippen LogP contribution in [-0.4, -0.2) is 39.0 Å². The minimum absolute atomic E-state index is 0.0403. The maximum Gasteiger partial charge on any atom is 0.242 e. The van der Waals surface area contributed by atoms with Gasteiger partial charge in [-0.25, -0.2) is 12.8 Å². The van der Waals surface area contributed by atoms with Gasteiger partial charge in [-0.1, -0.05) is 12.1 Å². The van der Waals surface area contributed by atoms with Crippen molar-refractivity contribution in [3.8, 4) is 11.5 Å². The van der Waals surface area contributed by atoms with E-state index >= 15 is 0 Å². The Morgan fingerprint density at radius 2 is 1.78 bits per heavy atom. The van der Waals surface area contributed by atoms with Gasteiger partial charge in [-0.2, -0.15) is 4.31 Å². The summed E-state index contributed by atoms with van der Waals surface area (Å²) in [7, 11) is -2.24. The fourth-order valence-electron chi connectivity index (χ4n) is 2.32. The molecule has 0 radical (unpaired) electrons. The molecule has 0 spiro atoms. The van der Waals surface area contributed by atoms with Gasteiger partial charge in [0.2, 0.25) is 10.0 Å². The zero-order valence-electron chi connectivity index (χ0n) is 12.5. The molecular weight excluding hydrogens is 321 g/mol. The van der Waals surface area contributed by atoms with E-state index in [9.17, 15) is 12.8 Å². The fourth-order valence-corrected chi connectivity index (χ4v) is 3.53. The van der Waals surface area contributed by atoms with Crippen LogP contribution in [0, 0.1) is 5.82 Å². The third kappa shape index (κ3) is 3.30. The molecule has 1 aliphatic heterocycles. The first-order chi connectivity index (χ1) is 11.0. The molecule has 0 amide bonds. The van der Waals surface area contributed by atoms with E-state index in [1.165, 1.54) is 23.5 Å². The molecule has 2 aromatic rings. The van der Waals surface area contributed by atoms with Crippen LogP contribution in [0.25, 0.3) is 0 Å². The number of ether oxygens (including phenoxy) is 2. The summed E-state index contributed by atoms with van der Waals surface area (Å²) in [5.41, 5.74) is 0. The minimum Gasteiger partial charge on any atom is -0.486 e. The maximum atomic E-state index is 12.9. The number of benzene rings is 2. The summed E-state index contributed by atoms with van der Waals surface area (Å²) in [6.07, 6.45) is -0.412. The molecule has 0 N–H and O–H groups in total. The Kier molecular flexibility index (Phi) is 4.23. The Morgan fingerprint density at radius 3 is 2.48 bits per heavy atom. The van der Waals surface area contributed by atoms with Crippen LogP contribution in [0.15, 0.2) is 53.4 Å². The highest BCUT2D eigenvalue weighted by Crippen LogP contribution is 2.31. The van der Waals surface area contributed by atoms with Crippen molar-refractivity contribution in [2.45, 2.75) is 11.0 Å². The summed E-state index contributed by atoms with van der Waals surface area (Å²) < 4.78 is 50.4. The molecule has 0 saturated carbocycles. The molecule has 1 aliphatic rings. The van der Waals surface area contributed by atoms with Crippen LogP contribution in [0.5, 0.6) is 11.5 Å². The molecule has 1 atom stereocenters. The lowest BCUT2D eigenvalue weighted by Gasteiger charge is -2.29. The van der Waals surface area contributed by atoms with Gasteiger partial charge in [0.1, 0.15) is 18.5 Å². The van der Waals surface area contributed by atoms with Crippen LogP contribution in [0.2, 0.25) is 0 Å². The first-order valence-electron chi connectivity index (χ1n) is 7.07. The first-order valence-corrected chi connectivity index (χ1v) is 8.51. The Balaban J connectivity index is 1.72. The van der Waals surface area contributed by atoms with Crippen LogP contribution in [0.1, 0.15) is 0 Å².